The van der Waals surface area contributed by atoms with Gasteiger partial charge in [0, 0.05) is 45.0 Å². The molecular formula is C15H18ClN5O2. The molecule has 0 bridgehead atoms. The molecule has 1 saturated heterocycles. The molecule has 1 amide bonds. The van der Waals surface area contributed by atoms with Gasteiger partial charge in [0.05, 0.1) is 16.3 Å². The Labute approximate surface area is 139 Å². The second-order valence-electron chi connectivity index (χ2n) is 5.59. The highest BCUT2D eigenvalue weighted by molar-refractivity contribution is 6.33. The lowest BCUT2D eigenvalue weighted by atomic mass is 10.2. The molecule has 3 heterocycles. The second-order valence-corrected chi connectivity index (χ2v) is 5.99. The van der Waals surface area contributed by atoms with Gasteiger partial charge in [0.2, 0.25) is 5.91 Å². The van der Waals surface area contributed by atoms with Gasteiger partial charge < -0.3 is 15.2 Å². The molecule has 1 aliphatic heterocycles. The Balaban J connectivity index is 1.61. The molecule has 2 aromatic rings. The van der Waals surface area contributed by atoms with E-state index in [4.69, 9.17) is 21.9 Å². The Morgan fingerprint density at radius 3 is 2.65 bits per heavy atom. The summed E-state index contributed by atoms with van der Waals surface area (Å²) in [6, 6.07) is 3.52. The number of carbonyl (C=O) groups excluding carboxylic acids is 1. The highest BCUT2D eigenvalue weighted by Crippen LogP contribution is 2.25. The number of aromatic nitrogens is 2. The Kier molecular flexibility index (Phi) is 4.49. The van der Waals surface area contributed by atoms with Crippen molar-refractivity contribution < 1.29 is 9.32 Å². The van der Waals surface area contributed by atoms with E-state index in [1.165, 1.54) is 6.20 Å². The highest BCUT2D eigenvalue weighted by atomic mass is 35.5. The van der Waals surface area contributed by atoms with E-state index in [0.717, 1.165) is 44.2 Å². The van der Waals surface area contributed by atoms with Crippen LogP contribution in [0.3, 0.4) is 0 Å². The molecular weight excluding hydrogens is 318 g/mol. The zero-order chi connectivity index (χ0) is 16.4. The predicted molar refractivity (Wildman–Crippen MR) is 86.5 cm³/mol. The number of hydrogen-bond donors (Lipinski definition) is 1. The van der Waals surface area contributed by atoms with Crippen LogP contribution >= 0.6 is 11.6 Å². The minimum atomic E-state index is -0.529. The van der Waals surface area contributed by atoms with Crippen molar-refractivity contribution in [1.29, 1.82) is 0 Å². The Hall–Kier alpha value is -2.12. The van der Waals surface area contributed by atoms with Crippen molar-refractivity contribution in [3.05, 3.63) is 40.4 Å². The molecule has 7 nitrogen and oxygen atoms in total. The number of piperazine rings is 1. The number of halogens is 1. The van der Waals surface area contributed by atoms with Crippen molar-refractivity contribution in [2.24, 2.45) is 5.73 Å². The minimum absolute atomic E-state index is 0.318. The van der Waals surface area contributed by atoms with E-state index in [0.29, 0.717) is 16.4 Å². The van der Waals surface area contributed by atoms with E-state index in [2.05, 4.69) is 19.9 Å². The first-order valence-corrected chi connectivity index (χ1v) is 7.75. The average molecular weight is 336 g/mol. The van der Waals surface area contributed by atoms with Crippen LogP contribution in [-0.2, 0) is 6.54 Å². The molecule has 23 heavy (non-hydrogen) atoms. The molecule has 3 rings (SSSR count). The molecule has 2 N–H and O–H groups in total. The number of nitrogens with zero attached hydrogens (tertiary/aromatic N) is 4. The van der Waals surface area contributed by atoms with Crippen LogP contribution < -0.4 is 10.6 Å². The number of amides is 1. The molecule has 0 saturated carbocycles. The quantitative estimate of drug-likeness (QED) is 0.909. The van der Waals surface area contributed by atoms with Gasteiger partial charge in [-0.05, 0) is 13.0 Å². The molecule has 2 aromatic heterocycles. The lowest BCUT2D eigenvalue weighted by Crippen LogP contribution is -2.46. The highest BCUT2D eigenvalue weighted by Gasteiger charge is 2.21. The van der Waals surface area contributed by atoms with Gasteiger partial charge in [-0.1, -0.05) is 16.8 Å². The number of aryl methyl sites for hydroxylation is 1. The summed E-state index contributed by atoms with van der Waals surface area (Å²) in [5.74, 6) is 0.983. The summed E-state index contributed by atoms with van der Waals surface area (Å²) in [6.07, 6.45) is 1.47. The summed E-state index contributed by atoms with van der Waals surface area (Å²) in [7, 11) is 0. The van der Waals surface area contributed by atoms with Gasteiger partial charge in [-0.25, -0.2) is 4.98 Å². The number of carbonyl (C=O) groups is 1. The van der Waals surface area contributed by atoms with Gasteiger partial charge in [0.1, 0.15) is 11.6 Å². The maximum absolute atomic E-state index is 11.1. The van der Waals surface area contributed by atoms with E-state index in [1.807, 2.05) is 13.0 Å². The van der Waals surface area contributed by atoms with E-state index in [9.17, 15) is 4.79 Å². The zero-order valence-electron chi connectivity index (χ0n) is 12.8. The van der Waals surface area contributed by atoms with E-state index >= 15 is 0 Å². The summed E-state index contributed by atoms with van der Waals surface area (Å²) < 4.78 is 5.09. The fourth-order valence-corrected chi connectivity index (χ4v) is 2.92. The maximum Gasteiger partial charge on any atom is 0.250 e. The van der Waals surface area contributed by atoms with Crippen LogP contribution in [0, 0.1) is 6.92 Å². The summed E-state index contributed by atoms with van der Waals surface area (Å²) in [6.45, 7) is 6.02. The smallest absolute Gasteiger partial charge is 0.250 e. The van der Waals surface area contributed by atoms with Crippen molar-refractivity contribution in [2.45, 2.75) is 13.5 Å². The summed E-state index contributed by atoms with van der Waals surface area (Å²) in [5, 5.41) is 4.47. The normalized spacial score (nSPS) is 15.8. The third kappa shape index (κ3) is 3.62. The van der Waals surface area contributed by atoms with Crippen LogP contribution in [0.4, 0.5) is 5.82 Å². The van der Waals surface area contributed by atoms with Crippen molar-refractivity contribution >= 4 is 23.3 Å². The fraction of sp³-hybridized carbons (Fsp3) is 0.400. The number of hydrogen-bond acceptors (Lipinski definition) is 6. The van der Waals surface area contributed by atoms with Crippen molar-refractivity contribution in [1.82, 2.24) is 15.0 Å². The molecule has 1 fully saturated rings. The van der Waals surface area contributed by atoms with Crippen LogP contribution in [0.5, 0.6) is 0 Å². The molecule has 0 aliphatic carbocycles. The van der Waals surface area contributed by atoms with Crippen molar-refractivity contribution in [2.75, 3.05) is 31.1 Å². The van der Waals surface area contributed by atoms with Crippen LogP contribution in [0.2, 0.25) is 5.02 Å². The number of nitrogens with two attached hydrogens (primary N) is 1. The largest absolute Gasteiger partial charge is 0.366 e. The van der Waals surface area contributed by atoms with Gasteiger partial charge >= 0.3 is 0 Å². The summed E-state index contributed by atoms with van der Waals surface area (Å²) >= 11 is 6.23. The third-order valence-electron chi connectivity index (χ3n) is 3.84. The van der Waals surface area contributed by atoms with E-state index in [1.54, 1.807) is 6.07 Å². The molecule has 8 heteroatoms. The first-order valence-electron chi connectivity index (χ1n) is 7.38. The Morgan fingerprint density at radius 1 is 1.35 bits per heavy atom. The number of pyridine rings is 1. The predicted octanol–water partition coefficient (Wildman–Crippen LogP) is 1.45. The lowest BCUT2D eigenvalue weighted by Gasteiger charge is -2.35. The molecule has 122 valence electrons. The van der Waals surface area contributed by atoms with Gasteiger partial charge in [0.15, 0.2) is 0 Å². The van der Waals surface area contributed by atoms with Crippen LogP contribution in [-0.4, -0.2) is 47.1 Å². The zero-order valence-corrected chi connectivity index (χ0v) is 13.6. The third-order valence-corrected chi connectivity index (χ3v) is 4.12. The van der Waals surface area contributed by atoms with Gasteiger partial charge in [0.25, 0.3) is 0 Å². The first kappa shape index (κ1) is 15.8. The monoisotopic (exact) mass is 335 g/mol. The SMILES string of the molecule is Cc1cc(CN2CCN(c3ncc(C(N)=O)cc3Cl)CC2)no1. The van der Waals surface area contributed by atoms with E-state index < -0.39 is 5.91 Å². The topological polar surface area (TPSA) is 88.5 Å². The Bertz CT molecular complexity index is 710. The second kappa shape index (κ2) is 6.55. The molecule has 0 radical (unpaired) electrons. The van der Waals surface area contributed by atoms with Crippen LogP contribution in [0.1, 0.15) is 21.8 Å². The Morgan fingerprint density at radius 2 is 2.09 bits per heavy atom. The van der Waals surface area contributed by atoms with Crippen molar-refractivity contribution in [3.63, 3.8) is 0 Å². The van der Waals surface area contributed by atoms with Crippen LogP contribution in [0.25, 0.3) is 0 Å². The molecule has 0 unspecified atom stereocenters. The standard InChI is InChI=1S/C15H18ClN5O2/c1-10-6-12(19-23-10)9-20-2-4-21(5-3-20)15-13(16)7-11(8-18-15)14(17)22/h6-8H,2-5,9H2,1H3,(H2,17,22). The molecule has 1 aliphatic rings. The maximum atomic E-state index is 11.1. The van der Waals surface area contributed by atoms with Gasteiger partial charge in [-0.3, -0.25) is 9.69 Å². The van der Waals surface area contributed by atoms with Crippen molar-refractivity contribution in [3.8, 4) is 0 Å². The summed E-state index contributed by atoms with van der Waals surface area (Å²) in [4.78, 5) is 19.8. The number of primary amides is 1. The minimum Gasteiger partial charge on any atom is -0.366 e. The van der Waals surface area contributed by atoms with Gasteiger partial charge in [-0.15, -0.1) is 0 Å². The van der Waals surface area contributed by atoms with E-state index in [-0.39, 0.29) is 0 Å². The molecule has 0 aromatic carbocycles. The average Bonchev–Trinajstić information content (AvgIpc) is 2.93. The molecule has 0 spiro atoms. The van der Waals surface area contributed by atoms with Gasteiger partial charge in [-0.2, -0.15) is 0 Å². The number of anilines is 1. The fourth-order valence-electron chi connectivity index (χ4n) is 2.64. The first-order chi connectivity index (χ1) is 11.0. The number of rotatable bonds is 4. The van der Waals surface area contributed by atoms with Crippen LogP contribution in [0.15, 0.2) is 22.9 Å². The molecule has 0 atom stereocenters. The summed E-state index contributed by atoms with van der Waals surface area (Å²) in [5.41, 5.74) is 6.49. The lowest BCUT2D eigenvalue weighted by molar-refractivity contribution is 0.1000.